The molecule has 1 aliphatic carbocycles. The first-order valence-electron chi connectivity index (χ1n) is 6.49. The van der Waals surface area contributed by atoms with Gasteiger partial charge in [-0.1, -0.05) is 25.7 Å². The van der Waals surface area contributed by atoms with Gasteiger partial charge < -0.3 is 15.8 Å². The topological polar surface area (TPSA) is 47.3 Å². The van der Waals surface area contributed by atoms with Crippen LogP contribution in [-0.2, 0) is 0 Å². The van der Waals surface area contributed by atoms with Gasteiger partial charge in [0.25, 0.3) is 0 Å². The molecule has 1 aromatic rings. The zero-order chi connectivity index (χ0) is 12.1. The highest BCUT2D eigenvalue weighted by Crippen LogP contribution is 2.27. The van der Waals surface area contributed by atoms with Crippen LogP contribution in [0.3, 0.4) is 0 Å². The zero-order valence-electron chi connectivity index (χ0n) is 10.5. The molecule has 1 aliphatic rings. The molecule has 3 heteroatoms. The molecule has 0 spiro atoms. The van der Waals surface area contributed by atoms with Crippen molar-refractivity contribution in [3.8, 4) is 5.75 Å². The van der Waals surface area contributed by atoms with Crippen LogP contribution in [-0.4, -0.2) is 13.2 Å². The Kier molecular flexibility index (Phi) is 4.13. The van der Waals surface area contributed by atoms with Crippen molar-refractivity contribution in [3.63, 3.8) is 0 Å². The minimum atomic E-state index is 0.577. The van der Waals surface area contributed by atoms with Gasteiger partial charge in [0.2, 0.25) is 0 Å². The van der Waals surface area contributed by atoms with E-state index in [1.54, 1.807) is 7.11 Å². The number of hydrogen-bond donors (Lipinski definition) is 2. The third kappa shape index (κ3) is 3.29. The first-order chi connectivity index (χ1) is 8.29. The van der Waals surface area contributed by atoms with Gasteiger partial charge in [-0.2, -0.15) is 0 Å². The van der Waals surface area contributed by atoms with E-state index in [1.807, 2.05) is 18.2 Å². The Bertz CT molecular complexity index is 357. The molecule has 1 fully saturated rings. The Labute approximate surface area is 103 Å². The Hall–Kier alpha value is -1.38. The maximum Gasteiger partial charge on any atom is 0.121 e. The molecular weight excluding hydrogens is 212 g/mol. The SMILES string of the molecule is COc1ccc(NC2CCCCCC2)c(N)c1. The molecule has 0 heterocycles. The summed E-state index contributed by atoms with van der Waals surface area (Å²) in [6, 6.07) is 6.42. The predicted octanol–water partition coefficient (Wildman–Crippen LogP) is 3.41. The van der Waals surface area contributed by atoms with Gasteiger partial charge in [0.05, 0.1) is 18.5 Å². The minimum Gasteiger partial charge on any atom is -0.497 e. The van der Waals surface area contributed by atoms with E-state index in [9.17, 15) is 0 Å². The number of hydrogen-bond acceptors (Lipinski definition) is 3. The van der Waals surface area contributed by atoms with Crippen molar-refractivity contribution in [3.05, 3.63) is 18.2 Å². The van der Waals surface area contributed by atoms with Crippen molar-refractivity contribution in [2.75, 3.05) is 18.2 Å². The fraction of sp³-hybridized carbons (Fsp3) is 0.571. The van der Waals surface area contributed by atoms with E-state index in [-0.39, 0.29) is 0 Å². The molecule has 0 atom stereocenters. The molecule has 94 valence electrons. The minimum absolute atomic E-state index is 0.577. The summed E-state index contributed by atoms with van der Waals surface area (Å²) in [5, 5.41) is 3.56. The number of nitrogens with two attached hydrogens (primary N) is 1. The molecule has 17 heavy (non-hydrogen) atoms. The number of nitrogens with one attached hydrogen (secondary N) is 1. The van der Waals surface area contributed by atoms with Crippen molar-refractivity contribution in [2.45, 2.75) is 44.6 Å². The van der Waals surface area contributed by atoms with Gasteiger partial charge in [-0.05, 0) is 25.0 Å². The summed E-state index contributed by atoms with van der Waals surface area (Å²) >= 11 is 0. The Morgan fingerprint density at radius 3 is 2.47 bits per heavy atom. The van der Waals surface area contributed by atoms with Gasteiger partial charge in [0, 0.05) is 12.1 Å². The normalized spacial score (nSPS) is 17.5. The second-order valence-electron chi connectivity index (χ2n) is 4.79. The second-order valence-corrected chi connectivity index (χ2v) is 4.79. The summed E-state index contributed by atoms with van der Waals surface area (Å²) in [6.07, 6.45) is 7.91. The Balaban J connectivity index is 2.01. The van der Waals surface area contributed by atoms with Crippen molar-refractivity contribution < 1.29 is 4.74 Å². The van der Waals surface area contributed by atoms with Gasteiger partial charge in [-0.3, -0.25) is 0 Å². The number of benzene rings is 1. The smallest absolute Gasteiger partial charge is 0.121 e. The van der Waals surface area contributed by atoms with E-state index in [1.165, 1.54) is 38.5 Å². The van der Waals surface area contributed by atoms with Gasteiger partial charge >= 0.3 is 0 Å². The molecule has 0 amide bonds. The van der Waals surface area contributed by atoms with E-state index < -0.39 is 0 Å². The molecular formula is C14H22N2O. The summed E-state index contributed by atoms with van der Waals surface area (Å²) in [6.45, 7) is 0. The average Bonchev–Trinajstić information content (AvgIpc) is 2.60. The van der Waals surface area contributed by atoms with Crippen molar-refractivity contribution in [2.24, 2.45) is 0 Å². The first-order valence-corrected chi connectivity index (χ1v) is 6.49. The zero-order valence-corrected chi connectivity index (χ0v) is 10.5. The molecule has 0 aromatic heterocycles. The highest BCUT2D eigenvalue weighted by Gasteiger charge is 2.13. The van der Waals surface area contributed by atoms with Gasteiger partial charge in [-0.15, -0.1) is 0 Å². The van der Waals surface area contributed by atoms with E-state index in [0.717, 1.165) is 17.1 Å². The summed E-state index contributed by atoms with van der Waals surface area (Å²) in [5.41, 5.74) is 7.82. The first kappa shape index (κ1) is 12.1. The third-order valence-electron chi connectivity index (χ3n) is 3.47. The van der Waals surface area contributed by atoms with Crippen LogP contribution in [0, 0.1) is 0 Å². The van der Waals surface area contributed by atoms with Crippen LogP contribution in [0.4, 0.5) is 11.4 Å². The molecule has 0 unspecified atom stereocenters. The molecule has 0 aliphatic heterocycles. The number of methoxy groups -OCH3 is 1. The molecule has 3 N–H and O–H groups in total. The molecule has 1 aromatic carbocycles. The van der Waals surface area contributed by atoms with Crippen LogP contribution in [0.5, 0.6) is 5.75 Å². The highest BCUT2D eigenvalue weighted by molar-refractivity contribution is 5.68. The Morgan fingerprint density at radius 2 is 1.88 bits per heavy atom. The summed E-state index contributed by atoms with van der Waals surface area (Å²) in [5.74, 6) is 0.814. The largest absolute Gasteiger partial charge is 0.497 e. The van der Waals surface area contributed by atoms with Crippen LogP contribution < -0.4 is 15.8 Å². The summed E-state index contributed by atoms with van der Waals surface area (Å²) in [7, 11) is 1.66. The van der Waals surface area contributed by atoms with Crippen LogP contribution in [0.2, 0.25) is 0 Å². The average molecular weight is 234 g/mol. The summed E-state index contributed by atoms with van der Waals surface area (Å²) < 4.78 is 5.15. The predicted molar refractivity (Wildman–Crippen MR) is 72.5 cm³/mol. The maximum absolute atomic E-state index is 6.01. The highest BCUT2D eigenvalue weighted by atomic mass is 16.5. The lowest BCUT2D eigenvalue weighted by Gasteiger charge is -2.19. The lowest BCUT2D eigenvalue weighted by Crippen LogP contribution is -2.19. The van der Waals surface area contributed by atoms with Crippen LogP contribution in [0.1, 0.15) is 38.5 Å². The van der Waals surface area contributed by atoms with Crippen molar-refractivity contribution in [1.29, 1.82) is 0 Å². The van der Waals surface area contributed by atoms with Gasteiger partial charge in [0.15, 0.2) is 0 Å². The van der Waals surface area contributed by atoms with Crippen LogP contribution in [0.15, 0.2) is 18.2 Å². The van der Waals surface area contributed by atoms with Crippen LogP contribution >= 0.6 is 0 Å². The molecule has 3 nitrogen and oxygen atoms in total. The summed E-state index contributed by atoms with van der Waals surface area (Å²) in [4.78, 5) is 0. The Morgan fingerprint density at radius 1 is 1.18 bits per heavy atom. The lowest BCUT2D eigenvalue weighted by atomic mass is 10.1. The molecule has 0 bridgehead atoms. The maximum atomic E-state index is 6.01. The van der Waals surface area contributed by atoms with Gasteiger partial charge in [-0.25, -0.2) is 0 Å². The molecule has 1 saturated carbocycles. The quantitative estimate of drug-likeness (QED) is 0.622. The second kappa shape index (κ2) is 5.80. The van der Waals surface area contributed by atoms with Crippen molar-refractivity contribution >= 4 is 11.4 Å². The van der Waals surface area contributed by atoms with Crippen molar-refractivity contribution in [1.82, 2.24) is 0 Å². The fourth-order valence-corrected chi connectivity index (χ4v) is 2.44. The standard InChI is InChI=1S/C14H22N2O/c1-17-12-8-9-14(13(15)10-12)16-11-6-4-2-3-5-7-11/h8-11,16H,2-7,15H2,1H3. The van der Waals surface area contributed by atoms with E-state index >= 15 is 0 Å². The third-order valence-corrected chi connectivity index (χ3v) is 3.47. The molecule has 0 radical (unpaired) electrons. The number of anilines is 2. The number of ether oxygens (including phenoxy) is 1. The van der Waals surface area contributed by atoms with E-state index in [2.05, 4.69) is 5.32 Å². The molecule has 0 saturated heterocycles. The fourth-order valence-electron chi connectivity index (χ4n) is 2.44. The van der Waals surface area contributed by atoms with E-state index in [0.29, 0.717) is 6.04 Å². The van der Waals surface area contributed by atoms with E-state index in [4.69, 9.17) is 10.5 Å². The lowest BCUT2D eigenvalue weighted by molar-refractivity contribution is 0.415. The van der Waals surface area contributed by atoms with Gasteiger partial charge in [0.1, 0.15) is 5.75 Å². The number of rotatable bonds is 3. The van der Waals surface area contributed by atoms with Crippen LogP contribution in [0.25, 0.3) is 0 Å². The molecule has 2 rings (SSSR count). The monoisotopic (exact) mass is 234 g/mol. The number of nitrogen functional groups attached to an aromatic ring is 1.